The number of hydrogen-bond acceptors (Lipinski definition) is 4. The van der Waals surface area contributed by atoms with E-state index in [9.17, 15) is 10.1 Å². The minimum absolute atomic E-state index is 0.0719. The van der Waals surface area contributed by atoms with Crippen LogP contribution in [0.25, 0.3) is 0 Å². The van der Waals surface area contributed by atoms with E-state index in [-0.39, 0.29) is 11.6 Å². The number of benzene rings is 2. The lowest BCUT2D eigenvalue weighted by Crippen LogP contribution is -2.07. The first-order chi connectivity index (χ1) is 12.1. The first-order valence-corrected chi connectivity index (χ1v) is 8.68. The van der Waals surface area contributed by atoms with Crippen molar-refractivity contribution >= 4 is 23.0 Å². The molecule has 1 saturated carbocycles. The Morgan fingerprint density at radius 3 is 2.52 bits per heavy atom. The molecule has 5 nitrogen and oxygen atoms in total. The monoisotopic (exact) mass is 358 g/mol. The number of non-ortho nitro benzene ring substituents is 1. The van der Waals surface area contributed by atoms with E-state index < -0.39 is 4.92 Å². The first kappa shape index (κ1) is 17.4. The number of rotatable bonds is 7. The molecular weight excluding hydrogens is 340 g/mol. The van der Waals surface area contributed by atoms with Gasteiger partial charge in [0.1, 0.15) is 6.61 Å². The lowest BCUT2D eigenvalue weighted by molar-refractivity contribution is -0.384. The van der Waals surface area contributed by atoms with E-state index in [0.717, 1.165) is 29.1 Å². The predicted molar refractivity (Wildman–Crippen MR) is 98.2 cm³/mol. The van der Waals surface area contributed by atoms with E-state index in [0.29, 0.717) is 12.5 Å². The summed E-state index contributed by atoms with van der Waals surface area (Å²) in [6, 6.07) is 14.3. The molecule has 0 aromatic heterocycles. The Hall–Kier alpha value is -2.40. The molecule has 0 radical (unpaired) electrons. The maximum Gasteiger partial charge on any atom is 0.269 e. The predicted octanol–water partition coefficient (Wildman–Crippen LogP) is 5.18. The van der Waals surface area contributed by atoms with Crippen LogP contribution in [0.1, 0.15) is 36.8 Å². The summed E-state index contributed by atoms with van der Waals surface area (Å²) in [5.41, 5.74) is 3.01. The summed E-state index contributed by atoms with van der Waals surface area (Å²) < 4.78 is 0. The van der Waals surface area contributed by atoms with E-state index in [4.69, 9.17) is 16.4 Å². The fraction of sp³-hybridized carbons (Fsp3) is 0.316. The number of nitro groups is 1. The molecule has 0 spiro atoms. The van der Waals surface area contributed by atoms with E-state index in [1.165, 1.54) is 17.7 Å². The number of oxime groups is 1. The van der Waals surface area contributed by atoms with Crippen molar-refractivity contribution in [3.8, 4) is 0 Å². The lowest BCUT2D eigenvalue weighted by atomic mass is 10.0. The third-order valence-electron chi connectivity index (χ3n) is 4.27. The molecule has 2 atom stereocenters. The normalized spacial score (nSPS) is 19.5. The van der Waals surface area contributed by atoms with Crippen LogP contribution in [0.15, 0.2) is 53.7 Å². The van der Waals surface area contributed by atoms with Crippen LogP contribution in [0.4, 0.5) is 5.69 Å². The van der Waals surface area contributed by atoms with Gasteiger partial charge in [0.25, 0.3) is 5.69 Å². The van der Waals surface area contributed by atoms with Crippen LogP contribution < -0.4 is 0 Å². The third kappa shape index (κ3) is 4.17. The summed E-state index contributed by atoms with van der Waals surface area (Å²) in [7, 11) is 0. The van der Waals surface area contributed by atoms with Crippen molar-refractivity contribution in [1.82, 2.24) is 0 Å². The van der Waals surface area contributed by atoms with Gasteiger partial charge in [-0.2, -0.15) is 0 Å². The average Bonchev–Trinajstić information content (AvgIpc) is 3.40. The Morgan fingerprint density at radius 1 is 1.24 bits per heavy atom. The molecule has 2 aromatic rings. The molecule has 2 unspecified atom stereocenters. The molecule has 130 valence electrons. The van der Waals surface area contributed by atoms with Crippen molar-refractivity contribution in [2.24, 2.45) is 11.1 Å². The van der Waals surface area contributed by atoms with E-state index >= 15 is 0 Å². The zero-order valence-electron chi connectivity index (χ0n) is 13.9. The number of halogens is 1. The molecule has 1 fully saturated rings. The van der Waals surface area contributed by atoms with Crippen LogP contribution in [-0.2, 0) is 4.84 Å². The fourth-order valence-corrected chi connectivity index (χ4v) is 3.00. The van der Waals surface area contributed by atoms with Gasteiger partial charge in [0.2, 0.25) is 0 Å². The second kappa shape index (κ2) is 7.66. The molecule has 0 amide bonds. The van der Waals surface area contributed by atoms with Crippen LogP contribution in [0.2, 0.25) is 5.02 Å². The Labute approximate surface area is 151 Å². The van der Waals surface area contributed by atoms with E-state index in [2.05, 4.69) is 5.16 Å². The molecule has 0 bridgehead atoms. The van der Waals surface area contributed by atoms with Gasteiger partial charge in [-0.25, -0.2) is 0 Å². The Kier molecular flexibility index (Phi) is 5.34. The average molecular weight is 359 g/mol. The molecule has 0 N–H and O–H groups in total. The van der Waals surface area contributed by atoms with Gasteiger partial charge in [-0.05, 0) is 48.6 Å². The maximum absolute atomic E-state index is 10.8. The minimum atomic E-state index is -0.401. The minimum Gasteiger partial charge on any atom is -0.396 e. The highest BCUT2D eigenvalue weighted by Crippen LogP contribution is 2.49. The molecule has 3 rings (SSSR count). The molecule has 25 heavy (non-hydrogen) atoms. The van der Waals surface area contributed by atoms with Crippen molar-refractivity contribution < 1.29 is 9.76 Å². The highest BCUT2D eigenvalue weighted by atomic mass is 35.5. The summed E-state index contributed by atoms with van der Waals surface area (Å²) in [5, 5.41) is 15.9. The van der Waals surface area contributed by atoms with Gasteiger partial charge in [-0.1, -0.05) is 35.8 Å². The molecular formula is C19H19ClN2O3. The van der Waals surface area contributed by atoms with Crippen LogP contribution in [-0.4, -0.2) is 17.2 Å². The molecule has 1 aliphatic carbocycles. The number of nitrogens with zero attached hydrogens (tertiary/aromatic N) is 2. The number of nitro benzene ring substituents is 1. The van der Waals surface area contributed by atoms with Crippen molar-refractivity contribution in [2.45, 2.75) is 25.7 Å². The zero-order valence-corrected chi connectivity index (χ0v) is 14.6. The van der Waals surface area contributed by atoms with E-state index in [1.54, 1.807) is 12.1 Å². The summed E-state index contributed by atoms with van der Waals surface area (Å²) in [5.74, 6) is 0.621. The van der Waals surface area contributed by atoms with Gasteiger partial charge in [-0.15, -0.1) is 0 Å². The van der Waals surface area contributed by atoms with Crippen LogP contribution in [0.3, 0.4) is 0 Å². The summed E-state index contributed by atoms with van der Waals surface area (Å²) in [6.07, 6.45) is 1.86. The van der Waals surface area contributed by atoms with E-state index in [1.807, 2.05) is 31.2 Å². The van der Waals surface area contributed by atoms with Crippen LogP contribution >= 0.6 is 11.6 Å². The quantitative estimate of drug-likeness (QED) is 0.296. The largest absolute Gasteiger partial charge is 0.396 e. The second-order valence-corrected chi connectivity index (χ2v) is 6.55. The Bertz CT molecular complexity index is 772. The van der Waals surface area contributed by atoms with Crippen molar-refractivity contribution in [3.63, 3.8) is 0 Å². The maximum atomic E-state index is 10.8. The fourth-order valence-electron chi connectivity index (χ4n) is 2.87. The second-order valence-electron chi connectivity index (χ2n) is 6.11. The van der Waals surface area contributed by atoms with Gasteiger partial charge in [0, 0.05) is 28.6 Å². The molecule has 1 aliphatic rings. The zero-order chi connectivity index (χ0) is 17.8. The summed E-state index contributed by atoms with van der Waals surface area (Å²) in [6.45, 7) is 2.57. The highest BCUT2D eigenvalue weighted by molar-refractivity contribution is 6.30. The number of hydrogen-bond donors (Lipinski definition) is 0. The van der Waals surface area contributed by atoms with Crippen molar-refractivity contribution in [2.75, 3.05) is 6.61 Å². The van der Waals surface area contributed by atoms with Gasteiger partial charge in [0.15, 0.2) is 0 Å². The topological polar surface area (TPSA) is 64.7 Å². The van der Waals surface area contributed by atoms with Gasteiger partial charge in [-0.3, -0.25) is 10.1 Å². The van der Waals surface area contributed by atoms with Crippen molar-refractivity contribution in [3.05, 3.63) is 74.8 Å². The Morgan fingerprint density at radius 2 is 1.92 bits per heavy atom. The molecule has 2 aromatic carbocycles. The Balaban J connectivity index is 1.82. The molecule has 0 saturated heterocycles. The van der Waals surface area contributed by atoms with Crippen molar-refractivity contribution in [1.29, 1.82) is 0 Å². The smallest absolute Gasteiger partial charge is 0.269 e. The first-order valence-electron chi connectivity index (χ1n) is 8.30. The summed E-state index contributed by atoms with van der Waals surface area (Å²) >= 11 is 5.96. The standard InChI is InChI=1S/C19H19ClN2O3/c1-2-11-25-21-19(14-5-9-16(10-6-14)22(23)24)18-12-17(18)13-3-7-15(20)8-4-13/h3-10,17-18H,2,11-12H2,1H3/b21-19-. The molecule has 0 aliphatic heterocycles. The van der Waals surface area contributed by atoms with Gasteiger partial charge in [0.05, 0.1) is 10.6 Å². The van der Waals surface area contributed by atoms with Gasteiger partial charge >= 0.3 is 0 Å². The lowest BCUT2D eigenvalue weighted by Gasteiger charge is -2.07. The third-order valence-corrected chi connectivity index (χ3v) is 4.52. The SMILES string of the molecule is CCCO/N=C(/c1ccc([N+](=O)[O-])cc1)C1CC1c1ccc(Cl)cc1. The molecule has 6 heteroatoms. The summed E-state index contributed by atoms with van der Waals surface area (Å²) in [4.78, 5) is 15.9. The highest BCUT2D eigenvalue weighted by Gasteiger charge is 2.43. The van der Waals surface area contributed by atoms with Gasteiger partial charge < -0.3 is 4.84 Å². The molecule has 0 heterocycles. The van der Waals surface area contributed by atoms with Crippen LogP contribution in [0.5, 0.6) is 0 Å². The van der Waals surface area contributed by atoms with Crippen LogP contribution in [0, 0.1) is 16.0 Å².